The van der Waals surface area contributed by atoms with Crippen molar-refractivity contribution in [1.29, 1.82) is 0 Å². The largest absolute Gasteiger partial charge is 0.381 e. The Morgan fingerprint density at radius 2 is 2.21 bits per heavy atom. The van der Waals surface area contributed by atoms with Gasteiger partial charge >= 0.3 is 0 Å². The highest BCUT2D eigenvalue weighted by atomic mass is 16.5. The van der Waals surface area contributed by atoms with Crippen molar-refractivity contribution in [3.8, 4) is 0 Å². The highest BCUT2D eigenvalue weighted by Gasteiger charge is 2.36. The van der Waals surface area contributed by atoms with Crippen LogP contribution in [0.2, 0.25) is 0 Å². The molecule has 0 radical (unpaired) electrons. The predicted octanol–water partition coefficient (Wildman–Crippen LogP) is 2.66. The Bertz CT molecular complexity index is 251. The third-order valence-corrected chi connectivity index (χ3v) is 4.81. The molecule has 112 valence electrons. The number of rotatable bonds is 6. The molecule has 2 unspecified atom stereocenters. The Morgan fingerprint density at radius 1 is 1.32 bits per heavy atom. The van der Waals surface area contributed by atoms with Crippen molar-refractivity contribution in [2.24, 2.45) is 5.41 Å². The van der Waals surface area contributed by atoms with Crippen molar-refractivity contribution >= 4 is 0 Å². The number of nitrogens with zero attached hydrogens (tertiary/aromatic N) is 1. The summed E-state index contributed by atoms with van der Waals surface area (Å²) in [5.74, 6) is 0. The predicted molar refractivity (Wildman–Crippen MR) is 80.5 cm³/mol. The van der Waals surface area contributed by atoms with Gasteiger partial charge in [0.2, 0.25) is 0 Å². The highest BCUT2D eigenvalue weighted by molar-refractivity contribution is 4.89. The average molecular weight is 268 g/mol. The molecular formula is C16H32N2O. The number of hydrogen-bond acceptors (Lipinski definition) is 3. The second-order valence-corrected chi connectivity index (χ2v) is 6.65. The first-order valence-corrected chi connectivity index (χ1v) is 8.28. The lowest BCUT2D eigenvalue weighted by Crippen LogP contribution is -2.52. The van der Waals surface area contributed by atoms with E-state index in [1.165, 1.54) is 51.6 Å². The molecule has 2 aliphatic heterocycles. The summed E-state index contributed by atoms with van der Waals surface area (Å²) in [7, 11) is 0. The first kappa shape index (κ1) is 15.3. The third-order valence-electron chi connectivity index (χ3n) is 4.81. The molecule has 0 aromatic carbocycles. The zero-order chi connectivity index (χ0) is 13.6. The van der Waals surface area contributed by atoms with E-state index in [0.29, 0.717) is 5.41 Å². The quantitative estimate of drug-likeness (QED) is 0.750. The van der Waals surface area contributed by atoms with Crippen molar-refractivity contribution < 1.29 is 4.74 Å². The molecule has 19 heavy (non-hydrogen) atoms. The van der Waals surface area contributed by atoms with E-state index in [2.05, 4.69) is 24.1 Å². The number of nitrogens with one attached hydrogen (secondary N) is 1. The Kier molecular flexibility index (Phi) is 6.11. The van der Waals surface area contributed by atoms with E-state index in [0.717, 1.165) is 32.3 Å². The van der Waals surface area contributed by atoms with Crippen LogP contribution in [0, 0.1) is 5.41 Å². The monoisotopic (exact) mass is 268 g/mol. The first-order valence-electron chi connectivity index (χ1n) is 8.28. The summed E-state index contributed by atoms with van der Waals surface area (Å²) in [5.41, 5.74) is 0.360. The lowest BCUT2D eigenvalue weighted by molar-refractivity contribution is -0.0359. The van der Waals surface area contributed by atoms with E-state index in [-0.39, 0.29) is 0 Å². The molecule has 2 saturated heterocycles. The van der Waals surface area contributed by atoms with Gasteiger partial charge in [-0.15, -0.1) is 0 Å². The maximum absolute atomic E-state index is 5.83. The molecule has 0 saturated carbocycles. The van der Waals surface area contributed by atoms with Crippen molar-refractivity contribution in [2.45, 2.75) is 58.4 Å². The molecule has 2 aliphatic rings. The minimum absolute atomic E-state index is 0.360. The van der Waals surface area contributed by atoms with E-state index in [1.54, 1.807) is 0 Å². The minimum Gasteiger partial charge on any atom is -0.381 e. The second kappa shape index (κ2) is 7.61. The van der Waals surface area contributed by atoms with Crippen molar-refractivity contribution in [1.82, 2.24) is 10.2 Å². The molecule has 0 aromatic heterocycles. The van der Waals surface area contributed by atoms with Gasteiger partial charge in [0.15, 0.2) is 0 Å². The van der Waals surface area contributed by atoms with Crippen LogP contribution in [0.3, 0.4) is 0 Å². The van der Waals surface area contributed by atoms with E-state index in [1.807, 2.05) is 0 Å². The van der Waals surface area contributed by atoms with Crippen LogP contribution in [0.4, 0.5) is 0 Å². The Hall–Kier alpha value is -0.120. The third kappa shape index (κ3) is 4.44. The van der Waals surface area contributed by atoms with E-state index in [9.17, 15) is 0 Å². The van der Waals surface area contributed by atoms with Gasteiger partial charge < -0.3 is 10.1 Å². The van der Waals surface area contributed by atoms with E-state index < -0.39 is 0 Å². The number of likely N-dealkylation sites (tertiary alicyclic amines) is 1. The van der Waals surface area contributed by atoms with E-state index in [4.69, 9.17) is 4.74 Å². The van der Waals surface area contributed by atoms with Crippen LogP contribution in [0.1, 0.15) is 52.4 Å². The molecule has 0 aromatic rings. The maximum atomic E-state index is 5.83. The maximum Gasteiger partial charge on any atom is 0.0546 e. The van der Waals surface area contributed by atoms with Crippen LogP contribution in [0.15, 0.2) is 0 Å². The number of hydrogen-bond donors (Lipinski definition) is 1. The molecule has 2 atom stereocenters. The Labute approximate surface area is 119 Å². The average Bonchev–Trinajstić information content (AvgIpc) is 2.43. The molecule has 1 N–H and O–H groups in total. The SMILES string of the molecule is CCCNCC1(CN2CCCCC2C)CCCOC1. The molecule has 3 nitrogen and oxygen atoms in total. The normalized spacial score (nSPS) is 33.5. The Morgan fingerprint density at radius 3 is 2.89 bits per heavy atom. The van der Waals surface area contributed by atoms with Crippen molar-refractivity contribution in [3.63, 3.8) is 0 Å². The van der Waals surface area contributed by atoms with Crippen molar-refractivity contribution in [3.05, 3.63) is 0 Å². The zero-order valence-corrected chi connectivity index (χ0v) is 12.9. The van der Waals surface area contributed by atoms with Crippen LogP contribution in [0.25, 0.3) is 0 Å². The highest BCUT2D eigenvalue weighted by Crippen LogP contribution is 2.31. The molecule has 0 aliphatic carbocycles. The van der Waals surface area contributed by atoms with Gasteiger partial charge in [0.1, 0.15) is 0 Å². The van der Waals surface area contributed by atoms with Gasteiger partial charge in [0.05, 0.1) is 6.61 Å². The van der Waals surface area contributed by atoms with Gasteiger partial charge in [-0.3, -0.25) is 4.90 Å². The molecule has 0 spiro atoms. The van der Waals surface area contributed by atoms with Gasteiger partial charge in [-0.1, -0.05) is 13.3 Å². The molecule has 0 bridgehead atoms. The molecular weight excluding hydrogens is 236 g/mol. The summed E-state index contributed by atoms with van der Waals surface area (Å²) in [6.07, 6.45) is 7.94. The van der Waals surface area contributed by atoms with Crippen LogP contribution < -0.4 is 5.32 Å². The zero-order valence-electron chi connectivity index (χ0n) is 12.9. The smallest absolute Gasteiger partial charge is 0.0546 e. The van der Waals surface area contributed by atoms with Crippen molar-refractivity contribution in [2.75, 3.05) is 39.4 Å². The summed E-state index contributed by atoms with van der Waals surface area (Å²) in [6, 6.07) is 0.763. The summed E-state index contributed by atoms with van der Waals surface area (Å²) in [5, 5.41) is 3.64. The molecule has 3 heteroatoms. The Balaban J connectivity index is 1.91. The van der Waals surface area contributed by atoms with Gasteiger partial charge in [0.25, 0.3) is 0 Å². The fourth-order valence-corrected chi connectivity index (χ4v) is 3.58. The van der Waals surface area contributed by atoms with Gasteiger partial charge in [0, 0.05) is 31.2 Å². The summed E-state index contributed by atoms with van der Waals surface area (Å²) in [6.45, 7) is 11.3. The fraction of sp³-hybridized carbons (Fsp3) is 1.00. The molecule has 2 rings (SSSR count). The topological polar surface area (TPSA) is 24.5 Å². The number of ether oxygens (including phenoxy) is 1. The van der Waals surface area contributed by atoms with Gasteiger partial charge in [-0.05, 0) is 52.1 Å². The van der Waals surface area contributed by atoms with Crippen LogP contribution in [-0.4, -0.2) is 50.3 Å². The van der Waals surface area contributed by atoms with Gasteiger partial charge in [-0.25, -0.2) is 0 Å². The molecule has 2 fully saturated rings. The summed E-state index contributed by atoms with van der Waals surface area (Å²) < 4.78 is 5.83. The standard InChI is InChI=1S/C16H32N2O/c1-3-9-17-12-16(8-6-11-19-14-16)13-18-10-5-4-7-15(18)2/h15,17H,3-14H2,1-2H3. The molecule has 2 heterocycles. The van der Waals surface area contributed by atoms with Crippen LogP contribution in [-0.2, 0) is 4.74 Å². The first-order chi connectivity index (χ1) is 9.26. The lowest BCUT2D eigenvalue weighted by Gasteiger charge is -2.44. The van der Waals surface area contributed by atoms with Gasteiger partial charge in [-0.2, -0.15) is 0 Å². The van der Waals surface area contributed by atoms with E-state index >= 15 is 0 Å². The fourth-order valence-electron chi connectivity index (χ4n) is 3.58. The second-order valence-electron chi connectivity index (χ2n) is 6.65. The van der Waals surface area contributed by atoms with Crippen LogP contribution >= 0.6 is 0 Å². The number of piperidine rings is 1. The molecule has 0 amide bonds. The lowest BCUT2D eigenvalue weighted by atomic mass is 9.80. The summed E-state index contributed by atoms with van der Waals surface area (Å²) >= 11 is 0. The summed E-state index contributed by atoms with van der Waals surface area (Å²) in [4.78, 5) is 2.71. The van der Waals surface area contributed by atoms with Crippen LogP contribution in [0.5, 0.6) is 0 Å². The minimum atomic E-state index is 0.360.